The quantitative estimate of drug-likeness (QED) is 0.623. The van der Waals surface area contributed by atoms with Gasteiger partial charge in [-0.2, -0.15) is 0 Å². The van der Waals surface area contributed by atoms with Gasteiger partial charge in [0.2, 0.25) is 0 Å². The molecule has 1 heterocycles. The maximum absolute atomic E-state index is 4.32. The van der Waals surface area contributed by atoms with Gasteiger partial charge in [-0.05, 0) is 6.26 Å². The number of hydrogen-bond donors (Lipinski definition) is 0. The lowest BCUT2D eigenvalue weighted by Gasteiger charge is -2.10. The van der Waals surface area contributed by atoms with Crippen LogP contribution >= 0.6 is 11.8 Å². The van der Waals surface area contributed by atoms with E-state index in [1.165, 1.54) is 0 Å². The molecule has 0 aliphatic heterocycles. The van der Waals surface area contributed by atoms with E-state index in [0.29, 0.717) is 0 Å². The Morgan fingerprint density at radius 2 is 2.09 bits per heavy atom. The highest BCUT2D eigenvalue weighted by Gasteiger charge is 1.97. The number of aromatic nitrogens is 2. The Morgan fingerprint density at radius 1 is 1.36 bits per heavy atom. The summed E-state index contributed by atoms with van der Waals surface area (Å²) in [6.07, 6.45) is 5.50. The van der Waals surface area contributed by atoms with Crippen LogP contribution < -0.4 is 4.90 Å². The topological polar surface area (TPSA) is 29.0 Å². The van der Waals surface area contributed by atoms with Crippen LogP contribution in [0.5, 0.6) is 0 Å². The normalized spacial score (nSPS) is 9.73. The molecule has 0 aliphatic rings. The van der Waals surface area contributed by atoms with Crippen molar-refractivity contribution in [2.75, 3.05) is 25.3 Å². The highest BCUT2D eigenvalue weighted by molar-refractivity contribution is 7.98. The van der Waals surface area contributed by atoms with Gasteiger partial charge in [0.1, 0.15) is 10.8 Å². The second-order valence-corrected chi connectivity index (χ2v) is 3.14. The molecule has 0 aromatic carbocycles. The Hall–Kier alpha value is -0.770. The maximum atomic E-state index is 4.32. The number of rotatable bonds is 2. The predicted octanol–water partition coefficient (Wildman–Crippen LogP) is 1.26. The molecule has 0 saturated carbocycles. The van der Waals surface area contributed by atoms with E-state index >= 15 is 0 Å². The minimum absolute atomic E-state index is 0.900. The standard InChI is InChI=1S/C7H11N3S/c1-10(2)6-4-8-5-7(9-6)11-3/h4-5H,1-3H3. The van der Waals surface area contributed by atoms with Gasteiger partial charge in [-0.3, -0.25) is 4.98 Å². The summed E-state index contributed by atoms with van der Waals surface area (Å²) < 4.78 is 0. The summed E-state index contributed by atoms with van der Waals surface area (Å²) in [6, 6.07) is 0. The number of hydrogen-bond acceptors (Lipinski definition) is 4. The van der Waals surface area contributed by atoms with Gasteiger partial charge in [0.25, 0.3) is 0 Å². The van der Waals surface area contributed by atoms with E-state index in [2.05, 4.69) is 9.97 Å². The van der Waals surface area contributed by atoms with Crippen LogP contribution in [0.3, 0.4) is 0 Å². The predicted molar refractivity (Wildman–Crippen MR) is 48.1 cm³/mol. The first-order chi connectivity index (χ1) is 5.24. The first-order valence-electron chi connectivity index (χ1n) is 3.27. The van der Waals surface area contributed by atoms with Gasteiger partial charge in [0.05, 0.1) is 12.4 Å². The van der Waals surface area contributed by atoms with Crippen LogP contribution in [-0.2, 0) is 0 Å². The van der Waals surface area contributed by atoms with Crippen molar-refractivity contribution in [3.63, 3.8) is 0 Å². The lowest BCUT2D eigenvalue weighted by Crippen LogP contribution is -2.10. The van der Waals surface area contributed by atoms with E-state index in [-0.39, 0.29) is 0 Å². The minimum Gasteiger partial charge on any atom is -0.361 e. The SMILES string of the molecule is CSc1cncc(N(C)C)n1. The molecule has 0 fully saturated rings. The molecule has 0 atom stereocenters. The molecule has 0 bridgehead atoms. The van der Waals surface area contributed by atoms with Crippen molar-refractivity contribution < 1.29 is 0 Å². The van der Waals surface area contributed by atoms with Crippen molar-refractivity contribution in [2.45, 2.75) is 5.03 Å². The average molecular weight is 169 g/mol. The Labute approximate surface area is 70.8 Å². The molecule has 0 saturated heterocycles. The van der Waals surface area contributed by atoms with Crippen LogP contribution in [0.4, 0.5) is 5.82 Å². The lowest BCUT2D eigenvalue weighted by molar-refractivity contribution is 0.978. The largest absolute Gasteiger partial charge is 0.361 e. The summed E-state index contributed by atoms with van der Waals surface area (Å²) >= 11 is 1.60. The fourth-order valence-corrected chi connectivity index (χ4v) is 1.00. The van der Waals surface area contributed by atoms with Crippen molar-refractivity contribution in [1.29, 1.82) is 0 Å². The first kappa shape index (κ1) is 8.33. The van der Waals surface area contributed by atoms with E-state index < -0.39 is 0 Å². The molecule has 0 spiro atoms. The third-order valence-electron chi connectivity index (χ3n) is 1.27. The number of thioether (sulfide) groups is 1. The molecule has 1 rings (SSSR count). The van der Waals surface area contributed by atoms with Crippen LogP contribution in [0.2, 0.25) is 0 Å². The Balaban J connectivity index is 2.91. The molecule has 0 unspecified atom stereocenters. The van der Waals surface area contributed by atoms with Gasteiger partial charge >= 0.3 is 0 Å². The Morgan fingerprint density at radius 3 is 2.64 bits per heavy atom. The highest BCUT2D eigenvalue weighted by atomic mass is 32.2. The lowest BCUT2D eigenvalue weighted by atomic mass is 10.6. The summed E-state index contributed by atoms with van der Waals surface area (Å²) in [6.45, 7) is 0. The maximum Gasteiger partial charge on any atom is 0.147 e. The molecule has 0 aliphatic carbocycles. The minimum atomic E-state index is 0.900. The monoisotopic (exact) mass is 169 g/mol. The van der Waals surface area contributed by atoms with Crippen molar-refractivity contribution in [1.82, 2.24) is 9.97 Å². The highest BCUT2D eigenvalue weighted by Crippen LogP contribution is 2.13. The van der Waals surface area contributed by atoms with Gasteiger partial charge in [0, 0.05) is 14.1 Å². The summed E-state index contributed by atoms with van der Waals surface area (Å²) in [5.41, 5.74) is 0. The van der Waals surface area contributed by atoms with Crippen molar-refractivity contribution in [2.24, 2.45) is 0 Å². The van der Waals surface area contributed by atoms with Gasteiger partial charge in [0.15, 0.2) is 0 Å². The first-order valence-corrected chi connectivity index (χ1v) is 4.50. The zero-order valence-electron chi connectivity index (χ0n) is 6.90. The summed E-state index contributed by atoms with van der Waals surface area (Å²) in [5.74, 6) is 0.900. The zero-order valence-corrected chi connectivity index (χ0v) is 7.72. The second-order valence-electron chi connectivity index (χ2n) is 2.31. The molecule has 3 nitrogen and oxygen atoms in total. The molecule has 1 aromatic heterocycles. The molecular weight excluding hydrogens is 158 g/mol. The smallest absolute Gasteiger partial charge is 0.147 e. The van der Waals surface area contributed by atoms with Crippen molar-refractivity contribution in [3.05, 3.63) is 12.4 Å². The third kappa shape index (κ3) is 2.08. The van der Waals surface area contributed by atoms with E-state index in [4.69, 9.17) is 0 Å². The molecule has 60 valence electrons. The second kappa shape index (κ2) is 3.57. The Bertz CT molecular complexity index is 237. The molecule has 4 heteroatoms. The van der Waals surface area contributed by atoms with E-state index in [1.54, 1.807) is 24.2 Å². The van der Waals surface area contributed by atoms with Crippen molar-refractivity contribution in [3.8, 4) is 0 Å². The van der Waals surface area contributed by atoms with Gasteiger partial charge < -0.3 is 4.90 Å². The average Bonchev–Trinajstić information content (AvgIpc) is 2.05. The molecule has 1 aromatic rings. The van der Waals surface area contributed by atoms with Gasteiger partial charge in [-0.25, -0.2) is 4.98 Å². The van der Waals surface area contributed by atoms with Crippen molar-refractivity contribution >= 4 is 17.6 Å². The van der Waals surface area contributed by atoms with Crippen LogP contribution in [0.15, 0.2) is 17.4 Å². The third-order valence-corrected chi connectivity index (χ3v) is 1.88. The fourth-order valence-electron chi connectivity index (χ4n) is 0.652. The van der Waals surface area contributed by atoms with Gasteiger partial charge in [-0.15, -0.1) is 11.8 Å². The summed E-state index contributed by atoms with van der Waals surface area (Å²) in [4.78, 5) is 10.3. The molecule has 0 amide bonds. The number of anilines is 1. The van der Waals surface area contributed by atoms with Crippen LogP contribution in [-0.4, -0.2) is 30.3 Å². The molecule has 0 N–H and O–H groups in total. The molecule has 11 heavy (non-hydrogen) atoms. The van der Waals surface area contributed by atoms with E-state index in [1.807, 2.05) is 25.3 Å². The van der Waals surface area contributed by atoms with E-state index in [0.717, 1.165) is 10.8 Å². The fraction of sp³-hybridized carbons (Fsp3) is 0.429. The molecule has 0 radical (unpaired) electrons. The van der Waals surface area contributed by atoms with Crippen LogP contribution in [0.25, 0.3) is 0 Å². The van der Waals surface area contributed by atoms with Crippen LogP contribution in [0, 0.1) is 0 Å². The summed E-state index contributed by atoms with van der Waals surface area (Å²) in [7, 11) is 3.90. The number of nitrogens with zero attached hydrogens (tertiary/aromatic N) is 3. The summed E-state index contributed by atoms with van der Waals surface area (Å²) in [5, 5.41) is 0.955. The Kier molecular flexibility index (Phi) is 2.70. The van der Waals surface area contributed by atoms with Crippen LogP contribution in [0.1, 0.15) is 0 Å². The van der Waals surface area contributed by atoms with E-state index in [9.17, 15) is 0 Å². The van der Waals surface area contributed by atoms with Gasteiger partial charge in [-0.1, -0.05) is 0 Å². The zero-order chi connectivity index (χ0) is 8.27. The molecular formula is C7H11N3S.